The van der Waals surface area contributed by atoms with Crippen LogP contribution in [0.25, 0.3) is 0 Å². The molecule has 1 aliphatic rings. The van der Waals surface area contributed by atoms with E-state index in [9.17, 15) is 14.7 Å². The van der Waals surface area contributed by atoms with E-state index in [1.165, 1.54) is 0 Å². The van der Waals surface area contributed by atoms with Crippen molar-refractivity contribution in [1.29, 1.82) is 0 Å². The van der Waals surface area contributed by atoms with E-state index < -0.39 is 11.4 Å². The number of amides is 2. The minimum Gasteiger partial charge on any atom is -0.481 e. The minimum atomic E-state index is -0.862. The van der Waals surface area contributed by atoms with E-state index in [2.05, 4.69) is 29.6 Å². The predicted octanol–water partition coefficient (Wildman–Crippen LogP) is 3.71. The van der Waals surface area contributed by atoms with E-state index in [1.807, 2.05) is 43.3 Å². The third-order valence-electron chi connectivity index (χ3n) is 5.45. The van der Waals surface area contributed by atoms with Gasteiger partial charge in [0.2, 0.25) is 0 Å². The topological polar surface area (TPSA) is 69.6 Å². The number of hydrogen-bond donors (Lipinski definition) is 2. The first-order valence-electron chi connectivity index (χ1n) is 9.29. The van der Waals surface area contributed by atoms with Gasteiger partial charge >= 0.3 is 12.0 Å². The van der Waals surface area contributed by atoms with Gasteiger partial charge in [-0.1, -0.05) is 60.7 Å². The van der Waals surface area contributed by atoms with E-state index in [0.717, 1.165) is 11.1 Å². The Kier molecular flexibility index (Phi) is 5.49. The van der Waals surface area contributed by atoms with Crippen LogP contribution in [-0.2, 0) is 4.79 Å². The summed E-state index contributed by atoms with van der Waals surface area (Å²) in [5, 5.41) is 12.5. The molecule has 0 bridgehead atoms. The molecule has 3 rings (SSSR count). The molecule has 0 spiro atoms. The summed E-state index contributed by atoms with van der Waals surface area (Å²) < 4.78 is 0. The number of rotatable bonds is 5. The van der Waals surface area contributed by atoms with Gasteiger partial charge in [0, 0.05) is 25.0 Å². The predicted molar refractivity (Wildman–Crippen MR) is 105 cm³/mol. The molecule has 1 aliphatic heterocycles. The maximum Gasteiger partial charge on any atom is 0.317 e. The second-order valence-electron chi connectivity index (χ2n) is 7.57. The summed E-state index contributed by atoms with van der Waals surface area (Å²) in [6.07, 6.45) is 0.477. The van der Waals surface area contributed by atoms with Gasteiger partial charge in [0.05, 0.1) is 5.41 Å². The van der Waals surface area contributed by atoms with E-state index in [-0.39, 0.29) is 24.5 Å². The number of likely N-dealkylation sites (tertiary alicyclic amines) is 1. The normalized spacial score (nSPS) is 20.5. The number of carboxylic acid groups (broad SMARTS) is 1. The van der Waals surface area contributed by atoms with Crippen LogP contribution in [0.5, 0.6) is 0 Å². The molecule has 1 saturated heterocycles. The number of carbonyl (C=O) groups excluding carboxylic acids is 1. The highest BCUT2D eigenvalue weighted by Crippen LogP contribution is 2.31. The lowest BCUT2D eigenvalue weighted by molar-refractivity contribution is -0.147. The number of nitrogens with zero attached hydrogens (tertiary/aromatic N) is 1. The number of aliphatic carboxylic acids is 1. The monoisotopic (exact) mass is 366 g/mol. The third-order valence-corrected chi connectivity index (χ3v) is 5.45. The summed E-state index contributed by atoms with van der Waals surface area (Å²) in [5.41, 5.74) is 1.40. The minimum absolute atomic E-state index is 0.0183. The molecule has 5 nitrogen and oxygen atoms in total. The molecule has 0 saturated carbocycles. The fraction of sp³-hybridized carbons (Fsp3) is 0.364. The lowest BCUT2D eigenvalue weighted by Gasteiger charge is -2.28. The molecule has 142 valence electrons. The van der Waals surface area contributed by atoms with Crippen LogP contribution in [0.4, 0.5) is 4.79 Å². The summed E-state index contributed by atoms with van der Waals surface area (Å²) in [6, 6.07) is 19.9. The largest absolute Gasteiger partial charge is 0.481 e. The maximum atomic E-state index is 12.8. The standard InChI is InChI=1S/C22H26N2O3/c1-16(23-21(27)24-14-13-22(2,15-24)20(25)26)19(17-9-5-3-6-10-17)18-11-7-4-8-12-18/h3-12,16,19H,13-15H2,1-2H3,(H,23,27)(H,25,26). The van der Waals surface area contributed by atoms with Crippen molar-refractivity contribution in [3.63, 3.8) is 0 Å². The fourth-order valence-corrected chi connectivity index (χ4v) is 3.77. The Morgan fingerprint density at radius 3 is 2.00 bits per heavy atom. The van der Waals surface area contributed by atoms with Crippen molar-refractivity contribution < 1.29 is 14.7 Å². The van der Waals surface area contributed by atoms with Crippen molar-refractivity contribution in [2.75, 3.05) is 13.1 Å². The number of urea groups is 1. The number of nitrogens with one attached hydrogen (secondary N) is 1. The average Bonchev–Trinajstić information content (AvgIpc) is 3.08. The molecule has 2 N–H and O–H groups in total. The molecule has 0 aromatic heterocycles. The van der Waals surface area contributed by atoms with Crippen LogP contribution < -0.4 is 5.32 Å². The fourth-order valence-electron chi connectivity index (χ4n) is 3.77. The Labute approximate surface area is 160 Å². The lowest BCUT2D eigenvalue weighted by atomic mass is 9.86. The Bertz CT molecular complexity index is 754. The average molecular weight is 366 g/mol. The van der Waals surface area contributed by atoms with E-state index in [0.29, 0.717) is 13.0 Å². The van der Waals surface area contributed by atoms with Crippen molar-refractivity contribution in [3.05, 3.63) is 71.8 Å². The van der Waals surface area contributed by atoms with Crippen LogP contribution in [0.3, 0.4) is 0 Å². The maximum absolute atomic E-state index is 12.8. The van der Waals surface area contributed by atoms with Crippen LogP contribution in [0.1, 0.15) is 37.3 Å². The summed E-state index contributed by atoms with van der Waals surface area (Å²) in [7, 11) is 0. The van der Waals surface area contributed by atoms with Gasteiger partial charge < -0.3 is 15.3 Å². The highest BCUT2D eigenvalue weighted by molar-refractivity contribution is 5.79. The van der Waals surface area contributed by atoms with E-state index >= 15 is 0 Å². The van der Waals surface area contributed by atoms with Crippen LogP contribution >= 0.6 is 0 Å². The zero-order valence-corrected chi connectivity index (χ0v) is 15.8. The number of carboxylic acids is 1. The first kappa shape index (κ1) is 19.0. The van der Waals surface area contributed by atoms with Gasteiger partial charge in [0.15, 0.2) is 0 Å². The second kappa shape index (κ2) is 7.82. The summed E-state index contributed by atoms with van der Waals surface area (Å²) in [4.78, 5) is 25.8. The van der Waals surface area contributed by atoms with Gasteiger partial charge in [-0.15, -0.1) is 0 Å². The molecule has 2 unspecified atom stereocenters. The molecular weight excluding hydrogens is 340 g/mol. The Morgan fingerprint density at radius 2 is 1.56 bits per heavy atom. The van der Waals surface area contributed by atoms with E-state index in [4.69, 9.17) is 0 Å². The number of benzene rings is 2. The molecule has 2 aromatic carbocycles. The van der Waals surface area contributed by atoms with Gasteiger partial charge in [-0.2, -0.15) is 0 Å². The molecule has 2 amide bonds. The molecule has 0 aliphatic carbocycles. The highest BCUT2D eigenvalue weighted by Gasteiger charge is 2.42. The quantitative estimate of drug-likeness (QED) is 0.847. The molecule has 1 fully saturated rings. The number of carbonyl (C=O) groups is 2. The van der Waals surface area contributed by atoms with Crippen molar-refractivity contribution in [2.24, 2.45) is 5.41 Å². The Balaban J connectivity index is 1.76. The third kappa shape index (κ3) is 4.13. The SMILES string of the molecule is CC(NC(=O)N1CCC(C)(C(=O)O)C1)C(c1ccccc1)c1ccccc1. The lowest BCUT2D eigenvalue weighted by Crippen LogP contribution is -2.46. The Morgan fingerprint density at radius 1 is 1.04 bits per heavy atom. The zero-order chi connectivity index (χ0) is 19.4. The first-order valence-corrected chi connectivity index (χ1v) is 9.29. The van der Waals surface area contributed by atoms with Gasteiger partial charge in [-0.3, -0.25) is 4.79 Å². The summed E-state index contributed by atoms with van der Waals surface area (Å²) in [5.74, 6) is -0.831. The van der Waals surface area contributed by atoms with Crippen molar-refractivity contribution in [1.82, 2.24) is 10.2 Å². The first-order chi connectivity index (χ1) is 12.9. The van der Waals surface area contributed by atoms with Crippen LogP contribution in [0.2, 0.25) is 0 Å². The highest BCUT2D eigenvalue weighted by atomic mass is 16.4. The molecule has 1 heterocycles. The second-order valence-corrected chi connectivity index (χ2v) is 7.57. The van der Waals surface area contributed by atoms with Crippen LogP contribution in [0, 0.1) is 5.41 Å². The van der Waals surface area contributed by atoms with Crippen LogP contribution in [0.15, 0.2) is 60.7 Å². The summed E-state index contributed by atoms with van der Waals surface area (Å²) >= 11 is 0. The zero-order valence-electron chi connectivity index (χ0n) is 15.8. The van der Waals surface area contributed by atoms with Gasteiger partial charge in [0.1, 0.15) is 0 Å². The smallest absolute Gasteiger partial charge is 0.317 e. The molecular formula is C22H26N2O3. The number of hydrogen-bond acceptors (Lipinski definition) is 2. The molecule has 2 atom stereocenters. The van der Waals surface area contributed by atoms with Gasteiger partial charge in [-0.25, -0.2) is 4.79 Å². The van der Waals surface area contributed by atoms with Gasteiger partial charge in [-0.05, 0) is 31.4 Å². The molecule has 5 heteroatoms. The van der Waals surface area contributed by atoms with Gasteiger partial charge in [0.25, 0.3) is 0 Å². The van der Waals surface area contributed by atoms with Crippen LogP contribution in [-0.4, -0.2) is 41.1 Å². The van der Waals surface area contributed by atoms with Crippen molar-refractivity contribution >= 4 is 12.0 Å². The molecule has 27 heavy (non-hydrogen) atoms. The Hall–Kier alpha value is -2.82. The van der Waals surface area contributed by atoms with Crippen molar-refractivity contribution in [3.8, 4) is 0 Å². The molecule has 0 radical (unpaired) electrons. The summed E-state index contributed by atoms with van der Waals surface area (Å²) in [6.45, 7) is 4.39. The molecule has 2 aromatic rings. The van der Waals surface area contributed by atoms with E-state index in [1.54, 1.807) is 11.8 Å². The van der Waals surface area contributed by atoms with Crippen molar-refractivity contribution in [2.45, 2.75) is 32.2 Å².